The number of ketones is 3. The summed E-state index contributed by atoms with van der Waals surface area (Å²) in [7, 11) is 3.05. The SMILES string of the molecule is COc1ccc([C@@H]2[C@H](C(=O)C(C)(C)C)N3c4ccc(F)cc4C=C[C@@H]3C23C(=O)c2ccccc2C3=O)cc1OC. The molecule has 3 aromatic carbocycles. The van der Waals surface area contributed by atoms with Gasteiger partial charge in [-0.05, 0) is 35.9 Å². The first kappa shape index (κ1) is 26.0. The molecular formula is C33H30FNO5. The maximum atomic E-state index is 14.6. The van der Waals surface area contributed by atoms with Gasteiger partial charge in [-0.3, -0.25) is 14.4 Å². The molecule has 204 valence electrons. The Kier molecular flexibility index (Phi) is 5.77. The van der Waals surface area contributed by atoms with Crippen molar-refractivity contribution in [2.45, 2.75) is 38.8 Å². The van der Waals surface area contributed by atoms with Crippen LogP contribution in [0.4, 0.5) is 10.1 Å². The largest absolute Gasteiger partial charge is 0.493 e. The van der Waals surface area contributed by atoms with E-state index in [0.29, 0.717) is 39.4 Å². The molecule has 1 saturated heterocycles. The van der Waals surface area contributed by atoms with Crippen LogP contribution >= 0.6 is 0 Å². The van der Waals surface area contributed by atoms with Gasteiger partial charge in [-0.1, -0.05) is 63.3 Å². The monoisotopic (exact) mass is 539 g/mol. The molecule has 0 N–H and O–H groups in total. The summed E-state index contributed by atoms with van der Waals surface area (Å²) in [6.07, 6.45) is 3.54. The Bertz CT molecular complexity index is 1580. The Balaban J connectivity index is 1.70. The van der Waals surface area contributed by atoms with Crippen molar-refractivity contribution in [1.29, 1.82) is 0 Å². The Labute approximate surface area is 232 Å². The highest BCUT2D eigenvalue weighted by Crippen LogP contribution is 2.61. The molecule has 0 bridgehead atoms. The second-order valence-corrected chi connectivity index (χ2v) is 11.6. The van der Waals surface area contributed by atoms with Gasteiger partial charge in [0.05, 0.1) is 26.3 Å². The molecule has 3 aromatic rings. The van der Waals surface area contributed by atoms with E-state index in [-0.39, 0.29) is 17.3 Å². The molecule has 0 unspecified atom stereocenters. The Morgan fingerprint density at radius 2 is 1.55 bits per heavy atom. The van der Waals surface area contributed by atoms with Crippen LogP contribution in [-0.2, 0) is 4.79 Å². The van der Waals surface area contributed by atoms with Gasteiger partial charge in [0.15, 0.2) is 28.8 Å². The van der Waals surface area contributed by atoms with E-state index in [1.165, 1.54) is 26.4 Å². The number of carbonyl (C=O) groups is 3. The second-order valence-electron chi connectivity index (χ2n) is 11.6. The Morgan fingerprint density at radius 3 is 2.15 bits per heavy atom. The van der Waals surface area contributed by atoms with Crippen LogP contribution in [-0.4, -0.2) is 43.7 Å². The predicted molar refractivity (Wildman–Crippen MR) is 150 cm³/mol. The number of ether oxygens (including phenoxy) is 2. The Morgan fingerprint density at radius 1 is 0.900 bits per heavy atom. The van der Waals surface area contributed by atoms with Gasteiger partial charge < -0.3 is 14.4 Å². The van der Waals surface area contributed by atoms with Gasteiger partial charge in [0, 0.05) is 33.7 Å². The van der Waals surface area contributed by atoms with Crippen LogP contribution in [0.3, 0.4) is 0 Å². The van der Waals surface area contributed by atoms with Gasteiger partial charge in [-0.25, -0.2) is 4.39 Å². The molecule has 0 radical (unpaired) electrons. The molecule has 3 aliphatic rings. The molecule has 6 nitrogen and oxygen atoms in total. The van der Waals surface area contributed by atoms with Crippen LogP contribution in [0.25, 0.3) is 6.08 Å². The zero-order chi connectivity index (χ0) is 28.6. The average molecular weight is 540 g/mol. The number of benzene rings is 3. The number of nitrogens with zero attached hydrogens (tertiary/aromatic N) is 1. The molecule has 1 fully saturated rings. The summed E-state index contributed by atoms with van der Waals surface area (Å²) in [5.74, 6) is -1.12. The van der Waals surface area contributed by atoms with E-state index in [1.54, 1.807) is 60.7 Å². The first-order chi connectivity index (χ1) is 19.0. The van der Waals surface area contributed by atoms with Crippen LogP contribution < -0.4 is 14.4 Å². The van der Waals surface area contributed by atoms with Crippen molar-refractivity contribution in [3.05, 3.63) is 94.8 Å². The van der Waals surface area contributed by atoms with Gasteiger partial charge >= 0.3 is 0 Å². The summed E-state index contributed by atoms with van der Waals surface area (Å²) in [5.41, 5.74) is 0.0598. The summed E-state index contributed by atoms with van der Waals surface area (Å²) >= 11 is 0. The highest BCUT2D eigenvalue weighted by molar-refractivity contribution is 6.32. The van der Waals surface area contributed by atoms with E-state index in [4.69, 9.17) is 9.47 Å². The lowest BCUT2D eigenvalue weighted by atomic mass is 9.63. The van der Waals surface area contributed by atoms with Crippen LogP contribution in [0.5, 0.6) is 11.5 Å². The van der Waals surface area contributed by atoms with Gasteiger partial charge in [-0.15, -0.1) is 0 Å². The third-order valence-corrected chi connectivity index (χ3v) is 8.54. The minimum Gasteiger partial charge on any atom is -0.493 e. The first-order valence-corrected chi connectivity index (χ1v) is 13.3. The molecule has 6 rings (SSSR count). The molecule has 40 heavy (non-hydrogen) atoms. The number of carbonyl (C=O) groups excluding carboxylic acids is 3. The van der Waals surface area contributed by atoms with E-state index in [1.807, 2.05) is 25.7 Å². The predicted octanol–water partition coefficient (Wildman–Crippen LogP) is 5.89. The van der Waals surface area contributed by atoms with Crippen LogP contribution in [0.1, 0.15) is 58.5 Å². The molecule has 0 amide bonds. The van der Waals surface area contributed by atoms with Crippen molar-refractivity contribution in [3.8, 4) is 11.5 Å². The van der Waals surface area contributed by atoms with E-state index in [9.17, 15) is 18.8 Å². The lowest BCUT2D eigenvalue weighted by molar-refractivity contribution is -0.127. The number of methoxy groups -OCH3 is 2. The third-order valence-electron chi connectivity index (χ3n) is 8.54. The highest BCUT2D eigenvalue weighted by Gasteiger charge is 2.72. The number of rotatable bonds is 4. The second kappa shape index (κ2) is 8.88. The van der Waals surface area contributed by atoms with Gasteiger partial charge in [0.25, 0.3) is 0 Å². The fraction of sp³-hybridized carbons (Fsp3) is 0.303. The first-order valence-electron chi connectivity index (χ1n) is 13.3. The van der Waals surface area contributed by atoms with Gasteiger partial charge in [0.2, 0.25) is 0 Å². The maximum Gasteiger partial charge on any atom is 0.180 e. The molecule has 0 aromatic heterocycles. The van der Waals surface area contributed by atoms with E-state index < -0.39 is 34.6 Å². The fourth-order valence-corrected chi connectivity index (χ4v) is 6.81. The minimum atomic E-state index is -1.63. The van der Waals surface area contributed by atoms with E-state index in [0.717, 1.165) is 0 Å². The smallest absolute Gasteiger partial charge is 0.180 e. The molecule has 1 spiro atoms. The van der Waals surface area contributed by atoms with Crippen molar-refractivity contribution in [2.75, 3.05) is 19.1 Å². The van der Waals surface area contributed by atoms with Gasteiger partial charge in [-0.2, -0.15) is 0 Å². The third kappa shape index (κ3) is 3.36. The van der Waals surface area contributed by atoms with Crippen LogP contribution in [0.15, 0.2) is 66.7 Å². The molecule has 7 heteroatoms. The van der Waals surface area contributed by atoms with Crippen molar-refractivity contribution in [2.24, 2.45) is 10.8 Å². The summed E-state index contributed by atoms with van der Waals surface area (Å²) in [6, 6.07) is 14.8. The summed E-state index contributed by atoms with van der Waals surface area (Å²) in [5, 5.41) is 0. The number of fused-ring (bicyclic) bond motifs is 5. The number of hydrogen-bond donors (Lipinski definition) is 0. The topological polar surface area (TPSA) is 72.9 Å². The van der Waals surface area contributed by atoms with E-state index >= 15 is 0 Å². The van der Waals surface area contributed by atoms with Crippen molar-refractivity contribution < 1.29 is 28.2 Å². The number of Topliss-reactive ketones (excluding diaryl/α,β-unsaturated/α-hetero) is 3. The molecular weight excluding hydrogens is 509 g/mol. The normalized spacial score (nSPS) is 22.2. The highest BCUT2D eigenvalue weighted by atomic mass is 19.1. The zero-order valence-corrected chi connectivity index (χ0v) is 23.0. The minimum absolute atomic E-state index is 0.128. The van der Waals surface area contributed by atoms with Crippen LogP contribution in [0, 0.1) is 16.6 Å². The molecule has 2 aliphatic heterocycles. The summed E-state index contributed by atoms with van der Waals surface area (Å²) < 4.78 is 25.4. The summed E-state index contributed by atoms with van der Waals surface area (Å²) in [6.45, 7) is 5.50. The van der Waals surface area contributed by atoms with Crippen molar-refractivity contribution >= 4 is 29.1 Å². The van der Waals surface area contributed by atoms with Crippen molar-refractivity contribution in [1.82, 2.24) is 0 Å². The van der Waals surface area contributed by atoms with Crippen LogP contribution in [0.2, 0.25) is 0 Å². The zero-order valence-electron chi connectivity index (χ0n) is 23.0. The number of anilines is 1. The maximum absolute atomic E-state index is 14.6. The quantitative estimate of drug-likeness (QED) is 0.385. The van der Waals surface area contributed by atoms with Crippen molar-refractivity contribution in [3.63, 3.8) is 0 Å². The average Bonchev–Trinajstić information content (AvgIpc) is 3.37. The lowest BCUT2D eigenvalue weighted by Gasteiger charge is -2.38. The molecule has 1 aliphatic carbocycles. The fourth-order valence-electron chi connectivity index (χ4n) is 6.81. The standard InChI is InChI=1S/C33H30FNO5/c1-32(2,3)31(38)28-27(19-10-14-24(39-4)25(17-19)40-5)33(29(36)21-8-6-7-9-22(21)30(33)37)26-15-11-18-16-20(34)12-13-23(18)35(26)28/h6-17,26-28H,1-5H3/t26-,27-,28-/m1/s1. The number of halogens is 1. The Hall–Kier alpha value is -4.26. The van der Waals surface area contributed by atoms with E-state index in [2.05, 4.69) is 0 Å². The molecule has 0 saturated carbocycles. The number of hydrogen-bond acceptors (Lipinski definition) is 6. The molecule has 2 heterocycles. The summed E-state index contributed by atoms with van der Waals surface area (Å²) in [4.78, 5) is 45.6. The van der Waals surface area contributed by atoms with Gasteiger partial charge in [0.1, 0.15) is 11.2 Å². The lowest BCUT2D eigenvalue weighted by Crippen LogP contribution is -2.49. The molecule has 3 atom stereocenters.